The molecule has 1 fully saturated rings. The molecule has 0 spiro atoms. The Morgan fingerprint density at radius 1 is 1.38 bits per heavy atom. The number of aliphatic carboxylic acids is 1. The number of amides is 1. The van der Waals surface area contributed by atoms with Gasteiger partial charge in [-0.15, -0.1) is 0 Å². The van der Waals surface area contributed by atoms with Gasteiger partial charge in [0.25, 0.3) is 5.91 Å². The third kappa shape index (κ3) is 3.37. The molecule has 0 aliphatic carbocycles. The number of nitrogens with one attached hydrogen (secondary N) is 1. The van der Waals surface area contributed by atoms with Crippen LogP contribution in [0.4, 0.5) is 4.39 Å². The Labute approximate surface area is 153 Å². The summed E-state index contributed by atoms with van der Waals surface area (Å²) in [6.07, 6.45) is 1.52. The summed E-state index contributed by atoms with van der Waals surface area (Å²) in [5.41, 5.74) is -0.796. The van der Waals surface area contributed by atoms with Gasteiger partial charge in [-0.1, -0.05) is 11.6 Å². The number of aromatic nitrogens is 2. The highest BCUT2D eigenvalue weighted by atomic mass is 35.5. The lowest BCUT2D eigenvalue weighted by atomic mass is 9.90. The number of halogens is 2. The van der Waals surface area contributed by atoms with E-state index in [2.05, 4.69) is 10.2 Å². The molecule has 1 amide bonds. The number of piperidine rings is 1. The monoisotopic (exact) mass is 381 g/mol. The van der Waals surface area contributed by atoms with Crippen molar-refractivity contribution in [1.29, 1.82) is 0 Å². The molecule has 2 aromatic rings. The molecule has 2 N–H and O–H groups in total. The number of nitrogens with zero attached hydrogens (tertiary/aromatic N) is 2. The molecule has 7 nitrogen and oxygen atoms in total. The first-order valence-electron chi connectivity index (χ1n) is 7.99. The molecule has 26 heavy (non-hydrogen) atoms. The van der Waals surface area contributed by atoms with E-state index in [4.69, 9.17) is 16.3 Å². The summed E-state index contributed by atoms with van der Waals surface area (Å²) in [7, 11) is 0. The highest BCUT2D eigenvalue weighted by Crippen LogP contribution is 2.32. The lowest BCUT2D eigenvalue weighted by Gasteiger charge is -2.39. The number of carboxylic acids is 1. The maximum Gasteiger partial charge on any atom is 0.348 e. The molecule has 0 saturated carbocycles. The minimum absolute atomic E-state index is 0.0939. The number of aryl methyl sites for hydroxylation is 1. The Morgan fingerprint density at radius 3 is 2.62 bits per heavy atom. The third-order valence-electron chi connectivity index (χ3n) is 4.50. The van der Waals surface area contributed by atoms with Crippen molar-refractivity contribution in [2.45, 2.75) is 25.4 Å². The van der Waals surface area contributed by atoms with Crippen LogP contribution in [0.15, 0.2) is 24.4 Å². The predicted octanol–water partition coefficient (Wildman–Crippen LogP) is 2.65. The average molecular weight is 382 g/mol. The van der Waals surface area contributed by atoms with Crippen molar-refractivity contribution in [3.63, 3.8) is 0 Å². The molecule has 9 heteroatoms. The molecule has 0 radical (unpaired) electrons. The quantitative estimate of drug-likeness (QED) is 0.848. The van der Waals surface area contributed by atoms with Gasteiger partial charge in [-0.25, -0.2) is 9.18 Å². The number of rotatable bonds is 4. The van der Waals surface area contributed by atoms with Crippen molar-refractivity contribution in [2.75, 3.05) is 13.1 Å². The maximum atomic E-state index is 13.3. The number of benzene rings is 1. The number of carbonyl (C=O) groups excluding carboxylic acids is 1. The minimum Gasteiger partial charge on any atom is -0.478 e. The van der Waals surface area contributed by atoms with Crippen LogP contribution < -0.4 is 4.74 Å². The van der Waals surface area contributed by atoms with Crippen LogP contribution >= 0.6 is 11.6 Å². The van der Waals surface area contributed by atoms with Gasteiger partial charge in [0.15, 0.2) is 0 Å². The van der Waals surface area contributed by atoms with Gasteiger partial charge >= 0.3 is 5.97 Å². The van der Waals surface area contributed by atoms with Crippen molar-refractivity contribution in [3.8, 4) is 5.75 Å². The summed E-state index contributed by atoms with van der Waals surface area (Å²) in [6, 6.07) is 3.91. The van der Waals surface area contributed by atoms with E-state index in [9.17, 15) is 19.1 Å². The summed E-state index contributed by atoms with van der Waals surface area (Å²) >= 11 is 5.91. The van der Waals surface area contributed by atoms with Crippen LogP contribution in [0.3, 0.4) is 0 Å². The fourth-order valence-electron chi connectivity index (χ4n) is 2.95. The van der Waals surface area contributed by atoms with E-state index in [1.807, 2.05) is 0 Å². The summed E-state index contributed by atoms with van der Waals surface area (Å²) < 4.78 is 19.0. The molecule has 0 bridgehead atoms. The summed E-state index contributed by atoms with van der Waals surface area (Å²) in [5.74, 6) is -1.57. The van der Waals surface area contributed by atoms with Gasteiger partial charge in [0.1, 0.15) is 17.3 Å². The fraction of sp³-hybridized carbons (Fsp3) is 0.353. The zero-order valence-corrected chi connectivity index (χ0v) is 14.7. The molecular formula is C17H17ClFN3O4. The molecule has 2 heterocycles. The topological polar surface area (TPSA) is 95.5 Å². The first-order valence-corrected chi connectivity index (χ1v) is 8.37. The van der Waals surface area contributed by atoms with Crippen LogP contribution in [0.5, 0.6) is 5.75 Å². The van der Waals surface area contributed by atoms with Crippen LogP contribution in [0.1, 0.15) is 28.9 Å². The summed E-state index contributed by atoms with van der Waals surface area (Å²) in [4.78, 5) is 25.8. The van der Waals surface area contributed by atoms with Crippen LogP contribution in [0.2, 0.25) is 5.02 Å². The minimum atomic E-state index is -1.48. The number of likely N-dealkylation sites (tertiary alicyclic amines) is 1. The van der Waals surface area contributed by atoms with Crippen LogP contribution in [0, 0.1) is 12.7 Å². The SMILES string of the molecule is Cc1cc(F)ccc1OC1(C(=O)O)CCN(C(=O)c2[nH]ncc2Cl)CC1. The zero-order valence-electron chi connectivity index (χ0n) is 14.0. The number of hydrogen-bond acceptors (Lipinski definition) is 4. The lowest BCUT2D eigenvalue weighted by molar-refractivity contribution is -0.159. The highest BCUT2D eigenvalue weighted by molar-refractivity contribution is 6.33. The van der Waals surface area contributed by atoms with E-state index in [0.29, 0.717) is 11.3 Å². The number of H-pyrrole nitrogens is 1. The van der Waals surface area contributed by atoms with Gasteiger partial charge < -0.3 is 14.7 Å². The van der Waals surface area contributed by atoms with E-state index in [0.717, 1.165) is 0 Å². The highest BCUT2D eigenvalue weighted by Gasteiger charge is 2.45. The largest absolute Gasteiger partial charge is 0.478 e. The summed E-state index contributed by atoms with van der Waals surface area (Å²) in [5, 5.41) is 16.2. The molecule has 0 atom stereocenters. The second kappa shape index (κ2) is 6.95. The van der Waals surface area contributed by atoms with E-state index in [-0.39, 0.29) is 42.6 Å². The zero-order chi connectivity index (χ0) is 18.9. The normalized spacial score (nSPS) is 16.3. The first kappa shape index (κ1) is 18.2. The van der Waals surface area contributed by atoms with Crippen LogP contribution in [-0.2, 0) is 4.79 Å². The van der Waals surface area contributed by atoms with Crippen LogP contribution in [0.25, 0.3) is 0 Å². The van der Waals surface area contributed by atoms with Crippen molar-refractivity contribution >= 4 is 23.5 Å². The third-order valence-corrected chi connectivity index (χ3v) is 4.78. The second-order valence-corrected chi connectivity index (χ2v) is 6.60. The molecule has 1 saturated heterocycles. The molecule has 3 rings (SSSR count). The van der Waals surface area contributed by atoms with Crippen molar-refractivity contribution < 1.29 is 23.8 Å². The molecule has 138 valence electrons. The Bertz CT molecular complexity index is 846. The standard InChI is InChI=1S/C17H17ClFN3O4/c1-10-8-11(19)2-3-13(10)26-17(16(24)25)4-6-22(7-5-17)15(23)14-12(18)9-20-21-14/h2-3,8-9H,4-7H2,1H3,(H,20,21)(H,24,25). The van der Waals surface area contributed by atoms with Gasteiger partial charge in [-0.2, -0.15) is 5.10 Å². The average Bonchev–Trinajstić information content (AvgIpc) is 3.03. The predicted molar refractivity (Wildman–Crippen MR) is 90.9 cm³/mol. The van der Waals surface area contributed by atoms with Gasteiger partial charge in [-0.05, 0) is 30.7 Å². The Balaban J connectivity index is 1.76. The van der Waals surface area contributed by atoms with E-state index in [1.165, 1.54) is 29.3 Å². The Morgan fingerprint density at radius 2 is 2.08 bits per heavy atom. The number of ether oxygens (including phenoxy) is 1. The van der Waals surface area contributed by atoms with Gasteiger partial charge in [-0.3, -0.25) is 9.89 Å². The second-order valence-electron chi connectivity index (χ2n) is 6.20. The molecule has 1 aromatic heterocycles. The number of aromatic amines is 1. The summed E-state index contributed by atoms with van der Waals surface area (Å²) in [6.45, 7) is 2.01. The van der Waals surface area contributed by atoms with Crippen molar-refractivity contribution in [1.82, 2.24) is 15.1 Å². The lowest BCUT2D eigenvalue weighted by Crippen LogP contribution is -2.54. The molecule has 1 aliphatic heterocycles. The van der Waals surface area contributed by atoms with Crippen molar-refractivity contribution in [3.05, 3.63) is 46.5 Å². The molecule has 1 aliphatic rings. The Hall–Kier alpha value is -2.61. The number of carbonyl (C=O) groups is 2. The van der Waals surface area contributed by atoms with Gasteiger partial charge in [0.05, 0.1) is 11.2 Å². The molecule has 0 unspecified atom stereocenters. The van der Waals surface area contributed by atoms with Gasteiger partial charge in [0, 0.05) is 25.9 Å². The Kier molecular flexibility index (Phi) is 4.86. The number of hydrogen-bond donors (Lipinski definition) is 2. The number of carboxylic acid groups (broad SMARTS) is 1. The van der Waals surface area contributed by atoms with Crippen molar-refractivity contribution in [2.24, 2.45) is 0 Å². The van der Waals surface area contributed by atoms with E-state index in [1.54, 1.807) is 6.92 Å². The maximum absolute atomic E-state index is 13.3. The fourth-order valence-corrected chi connectivity index (χ4v) is 3.12. The first-order chi connectivity index (χ1) is 12.3. The molecular weight excluding hydrogens is 365 g/mol. The van der Waals surface area contributed by atoms with Crippen LogP contribution in [-0.4, -0.2) is 50.8 Å². The molecule has 1 aromatic carbocycles. The van der Waals surface area contributed by atoms with E-state index >= 15 is 0 Å². The smallest absolute Gasteiger partial charge is 0.348 e. The van der Waals surface area contributed by atoms with E-state index < -0.39 is 17.4 Å². The van der Waals surface area contributed by atoms with Gasteiger partial charge in [0.2, 0.25) is 5.60 Å².